The Morgan fingerprint density at radius 1 is 1.40 bits per heavy atom. The summed E-state index contributed by atoms with van der Waals surface area (Å²) in [7, 11) is 0. The van der Waals surface area contributed by atoms with Gasteiger partial charge in [0.2, 0.25) is 0 Å². The first-order chi connectivity index (χ1) is 9.72. The molecule has 5 nitrogen and oxygen atoms in total. The summed E-state index contributed by atoms with van der Waals surface area (Å²) in [5, 5.41) is 13.4. The lowest BCUT2D eigenvalue weighted by atomic mass is 10.1. The molecule has 0 atom stereocenters. The summed E-state index contributed by atoms with van der Waals surface area (Å²) in [6.45, 7) is 4.23. The van der Waals surface area contributed by atoms with Crippen LogP contribution in [0.4, 0.5) is 0 Å². The van der Waals surface area contributed by atoms with Gasteiger partial charge in [0.15, 0.2) is 0 Å². The molecule has 0 aliphatic rings. The molecule has 106 valence electrons. The van der Waals surface area contributed by atoms with Crippen molar-refractivity contribution in [3.05, 3.63) is 41.0 Å². The average molecular weight is 293 g/mol. The SMILES string of the molecule is CCNCCNC(=O)c1cn[nH]c1-c1cccc(Cl)c1. The zero-order valence-electron chi connectivity index (χ0n) is 11.2. The van der Waals surface area contributed by atoms with E-state index in [1.807, 2.05) is 19.1 Å². The quantitative estimate of drug-likeness (QED) is 0.714. The van der Waals surface area contributed by atoms with Crippen LogP contribution in [-0.4, -0.2) is 35.7 Å². The number of aromatic nitrogens is 2. The maximum Gasteiger partial charge on any atom is 0.255 e. The molecule has 2 aromatic rings. The molecule has 0 fully saturated rings. The van der Waals surface area contributed by atoms with E-state index in [-0.39, 0.29) is 5.91 Å². The van der Waals surface area contributed by atoms with Crippen LogP contribution in [0.2, 0.25) is 5.02 Å². The Bertz CT molecular complexity index is 582. The molecule has 0 saturated carbocycles. The minimum absolute atomic E-state index is 0.147. The van der Waals surface area contributed by atoms with Crippen molar-refractivity contribution in [2.75, 3.05) is 19.6 Å². The van der Waals surface area contributed by atoms with Gasteiger partial charge in [0, 0.05) is 23.7 Å². The fourth-order valence-electron chi connectivity index (χ4n) is 1.86. The zero-order chi connectivity index (χ0) is 14.4. The van der Waals surface area contributed by atoms with E-state index < -0.39 is 0 Å². The van der Waals surface area contributed by atoms with Crippen LogP contribution >= 0.6 is 11.6 Å². The van der Waals surface area contributed by atoms with Crippen molar-refractivity contribution in [1.82, 2.24) is 20.8 Å². The van der Waals surface area contributed by atoms with Gasteiger partial charge >= 0.3 is 0 Å². The van der Waals surface area contributed by atoms with Crippen molar-refractivity contribution < 1.29 is 4.79 Å². The Kier molecular flexibility index (Phi) is 5.15. The van der Waals surface area contributed by atoms with Crippen molar-refractivity contribution in [2.45, 2.75) is 6.92 Å². The molecule has 1 aromatic carbocycles. The molecular formula is C14H17ClN4O. The molecule has 3 N–H and O–H groups in total. The number of hydrogen-bond donors (Lipinski definition) is 3. The number of benzene rings is 1. The fourth-order valence-corrected chi connectivity index (χ4v) is 2.05. The molecule has 20 heavy (non-hydrogen) atoms. The number of carbonyl (C=O) groups is 1. The van der Waals surface area contributed by atoms with E-state index in [4.69, 9.17) is 11.6 Å². The Morgan fingerprint density at radius 3 is 3.00 bits per heavy atom. The van der Waals surface area contributed by atoms with Crippen LogP contribution in [0.1, 0.15) is 17.3 Å². The summed E-state index contributed by atoms with van der Waals surface area (Å²) in [6.07, 6.45) is 1.53. The largest absolute Gasteiger partial charge is 0.351 e. The van der Waals surface area contributed by atoms with Crippen molar-refractivity contribution in [2.24, 2.45) is 0 Å². The number of halogens is 1. The highest BCUT2D eigenvalue weighted by molar-refractivity contribution is 6.30. The van der Waals surface area contributed by atoms with Gasteiger partial charge in [-0.05, 0) is 18.7 Å². The lowest BCUT2D eigenvalue weighted by Crippen LogP contribution is -2.31. The van der Waals surface area contributed by atoms with E-state index in [1.54, 1.807) is 12.1 Å². The van der Waals surface area contributed by atoms with E-state index in [1.165, 1.54) is 6.20 Å². The van der Waals surface area contributed by atoms with Crippen molar-refractivity contribution in [1.29, 1.82) is 0 Å². The summed E-state index contributed by atoms with van der Waals surface area (Å²) >= 11 is 5.97. The lowest BCUT2D eigenvalue weighted by Gasteiger charge is -2.06. The Balaban J connectivity index is 2.10. The molecule has 1 aromatic heterocycles. The van der Waals surface area contributed by atoms with Gasteiger partial charge in [0.25, 0.3) is 5.91 Å². The number of rotatable bonds is 6. The predicted molar refractivity (Wildman–Crippen MR) is 79.9 cm³/mol. The first kappa shape index (κ1) is 14.6. The Morgan fingerprint density at radius 2 is 2.25 bits per heavy atom. The number of nitrogens with one attached hydrogen (secondary N) is 3. The fraction of sp³-hybridized carbons (Fsp3) is 0.286. The Labute approximate surface area is 122 Å². The van der Waals surface area contributed by atoms with Crippen LogP contribution in [-0.2, 0) is 0 Å². The number of hydrogen-bond acceptors (Lipinski definition) is 3. The van der Waals surface area contributed by atoms with Gasteiger partial charge in [-0.15, -0.1) is 0 Å². The molecule has 6 heteroatoms. The monoisotopic (exact) mass is 292 g/mol. The normalized spacial score (nSPS) is 10.5. The van der Waals surface area contributed by atoms with Gasteiger partial charge in [-0.1, -0.05) is 30.7 Å². The highest BCUT2D eigenvalue weighted by Gasteiger charge is 2.14. The second-order valence-corrected chi connectivity index (χ2v) is 4.71. The van der Waals surface area contributed by atoms with Gasteiger partial charge in [-0.2, -0.15) is 5.10 Å². The minimum Gasteiger partial charge on any atom is -0.351 e. The predicted octanol–water partition coefficient (Wildman–Crippen LogP) is 2.07. The van der Waals surface area contributed by atoms with Crippen molar-refractivity contribution in [3.63, 3.8) is 0 Å². The van der Waals surface area contributed by atoms with E-state index in [2.05, 4.69) is 20.8 Å². The van der Waals surface area contributed by atoms with E-state index in [0.717, 1.165) is 18.7 Å². The summed E-state index contributed by atoms with van der Waals surface area (Å²) in [5.41, 5.74) is 2.03. The lowest BCUT2D eigenvalue weighted by molar-refractivity contribution is 0.0954. The highest BCUT2D eigenvalue weighted by atomic mass is 35.5. The third kappa shape index (κ3) is 3.59. The summed E-state index contributed by atoms with van der Waals surface area (Å²) in [5.74, 6) is -0.147. The summed E-state index contributed by atoms with van der Waals surface area (Å²) < 4.78 is 0. The molecule has 0 aliphatic carbocycles. The van der Waals surface area contributed by atoms with Crippen LogP contribution in [0.25, 0.3) is 11.3 Å². The molecule has 0 aliphatic heterocycles. The van der Waals surface area contributed by atoms with Crippen LogP contribution in [0.3, 0.4) is 0 Å². The van der Waals surface area contributed by atoms with Crippen LogP contribution in [0.15, 0.2) is 30.5 Å². The second kappa shape index (κ2) is 7.07. The third-order valence-electron chi connectivity index (χ3n) is 2.83. The Hall–Kier alpha value is -1.85. The molecule has 2 rings (SSSR count). The number of H-pyrrole nitrogens is 1. The second-order valence-electron chi connectivity index (χ2n) is 4.28. The molecule has 0 unspecified atom stereocenters. The topological polar surface area (TPSA) is 69.8 Å². The maximum atomic E-state index is 12.1. The van der Waals surface area contributed by atoms with E-state index in [0.29, 0.717) is 22.8 Å². The first-order valence-corrected chi connectivity index (χ1v) is 6.88. The number of aromatic amines is 1. The third-order valence-corrected chi connectivity index (χ3v) is 3.07. The molecule has 0 radical (unpaired) electrons. The first-order valence-electron chi connectivity index (χ1n) is 6.50. The van der Waals surface area contributed by atoms with E-state index in [9.17, 15) is 4.79 Å². The summed E-state index contributed by atoms with van der Waals surface area (Å²) in [4.78, 5) is 12.1. The van der Waals surface area contributed by atoms with Crippen LogP contribution < -0.4 is 10.6 Å². The molecule has 1 heterocycles. The molecule has 0 bridgehead atoms. The van der Waals surface area contributed by atoms with E-state index >= 15 is 0 Å². The number of carbonyl (C=O) groups excluding carboxylic acids is 1. The van der Waals surface area contributed by atoms with Crippen LogP contribution in [0.5, 0.6) is 0 Å². The van der Waals surface area contributed by atoms with Crippen LogP contribution in [0, 0.1) is 0 Å². The van der Waals surface area contributed by atoms with Gasteiger partial charge < -0.3 is 10.6 Å². The molecule has 0 saturated heterocycles. The highest BCUT2D eigenvalue weighted by Crippen LogP contribution is 2.23. The smallest absolute Gasteiger partial charge is 0.255 e. The number of amides is 1. The maximum absolute atomic E-state index is 12.1. The molecular weight excluding hydrogens is 276 g/mol. The minimum atomic E-state index is -0.147. The van der Waals surface area contributed by atoms with Gasteiger partial charge in [0.1, 0.15) is 0 Å². The zero-order valence-corrected chi connectivity index (χ0v) is 12.0. The van der Waals surface area contributed by atoms with Gasteiger partial charge in [0.05, 0.1) is 17.5 Å². The van der Waals surface area contributed by atoms with Crippen molar-refractivity contribution in [3.8, 4) is 11.3 Å². The number of likely N-dealkylation sites (N-methyl/N-ethyl adjacent to an activating group) is 1. The standard InChI is InChI=1S/C14H17ClN4O/c1-2-16-6-7-17-14(20)12-9-18-19-13(12)10-4-3-5-11(15)8-10/h3-5,8-9,16H,2,6-7H2,1H3,(H,17,20)(H,18,19). The molecule has 1 amide bonds. The van der Waals surface area contributed by atoms with Gasteiger partial charge in [-0.3, -0.25) is 9.89 Å². The summed E-state index contributed by atoms with van der Waals surface area (Å²) in [6, 6.07) is 7.31. The number of nitrogens with zero attached hydrogens (tertiary/aromatic N) is 1. The van der Waals surface area contributed by atoms with Gasteiger partial charge in [-0.25, -0.2) is 0 Å². The average Bonchev–Trinajstić information content (AvgIpc) is 2.93. The molecule has 0 spiro atoms. The van der Waals surface area contributed by atoms with Crippen molar-refractivity contribution >= 4 is 17.5 Å².